The molecule has 5 nitrogen and oxygen atoms in total. The van der Waals surface area contributed by atoms with Gasteiger partial charge in [-0.05, 0) is 29.2 Å². The normalized spacial score (nSPS) is 10.2. The third-order valence-corrected chi connectivity index (χ3v) is 3.12. The van der Waals surface area contributed by atoms with Crippen LogP contribution < -0.4 is 0 Å². The van der Waals surface area contributed by atoms with Crippen LogP contribution in [0.5, 0.6) is 0 Å². The third kappa shape index (κ3) is 2.66. The molecule has 0 radical (unpaired) electrons. The van der Waals surface area contributed by atoms with E-state index in [1.54, 1.807) is 6.07 Å². The number of benzene rings is 2. The number of hydrogen-bond donors (Lipinski definition) is 1. The number of carboxylic acids is 1. The molecule has 0 unspecified atom stereocenters. The first-order chi connectivity index (χ1) is 9.52. The van der Waals surface area contributed by atoms with E-state index in [9.17, 15) is 14.9 Å². The van der Waals surface area contributed by atoms with Gasteiger partial charge in [0.2, 0.25) is 0 Å². The fourth-order valence-corrected chi connectivity index (χ4v) is 1.98. The summed E-state index contributed by atoms with van der Waals surface area (Å²) in [6, 6.07) is 11.8. The van der Waals surface area contributed by atoms with Gasteiger partial charge < -0.3 is 5.11 Å². The van der Waals surface area contributed by atoms with Crippen LogP contribution in [-0.4, -0.2) is 16.0 Å². The summed E-state index contributed by atoms with van der Waals surface area (Å²) < 4.78 is 0. The Kier molecular flexibility index (Phi) is 3.79. The summed E-state index contributed by atoms with van der Waals surface area (Å²) in [5, 5.41) is 19.9. The van der Waals surface area contributed by atoms with Crippen LogP contribution in [0, 0.1) is 10.1 Å². The number of carboxylic acid groups (broad SMARTS) is 1. The number of hydrogen-bond acceptors (Lipinski definition) is 3. The molecule has 5 heteroatoms. The largest absolute Gasteiger partial charge is 0.477 e. The highest BCUT2D eigenvalue weighted by Gasteiger charge is 2.20. The molecule has 0 saturated heterocycles. The van der Waals surface area contributed by atoms with Crippen molar-refractivity contribution in [1.82, 2.24) is 0 Å². The first-order valence-electron chi connectivity index (χ1n) is 6.14. The SMILES string of the molecule is CCc1ccc(-c2ccc(C(=O)O)c([N+](=O)[O-])c2)cc1. The fraction of sp³-hybridized carbons (Fsp3) is 0.133. The van der Waals surface area contributed by atoms with Gasteiger partial charge >= 0.3 is 5.97 Å². The lowest BCUT2D eigenvalue weighted by molar-refractivity contribution is -0.385. The lowest BCUT2D eigenvalue weighted by Gasteiger charge is -2.05. The fourth-order valence-electron chi connectivity index (χ4n) is 1.98. The molecular weight excluding hydrogens is 258 g/mol. The lowest BCUT2D eigenvalue weighted by Crippen LogP contribution is -2.02. The molecule has 20 heavy (non-hydrogen) atoms. The van der Waals surface area contributed by atoms with Crippen LogP contribution in [0.2, 0.25) is 0 Å². The molecule has 2 aromatic rings. The Morgan fingerprint density at radius 3 is 2.25 bits per heavy atom. The number of rotatable bonds is 4. The number of carbonyl (C=O) groups is 1. The zero-order valence-corrected chi connectivity index (χ0v) is 10.9. The van der Waals surface area contributed by atoms with Crippen LogP contribution in [0.25, 0.3) is 11.1 Å². The molecule has 102 valence electrons. The number of nitro groups is 1. The first-order valence-corrected chi connectivity index (χ1v) is 6.14. The van der Waals surface area contributed by atoms with Crippen molar-refractivity contribution in [1.29, 1.82) is 0 Å². The second-order valence-corrected chi connectivity index (χ2v) is 4.34. The molecule has 0 amide bonds. The van der Waals surface area contributed by atoms with Gasteiger partial charge in [-0.1, -0.05) is 37.3 Å². The summed E-state index contributed by atoms with van der Waals surface area (Å²) in [5.41, 5.74) is 1.93. The minimum Gasteiger partial charge on any atom is -0.477 e. The van der Waals surface area contributed by atoms with Gasteiger partial charge in [-0.15, -0.1) is 0 Å². The Hall–Kier alpha value is -2.69. The Morgan fingerprint density at radius 2 is 1.75 bits per heavy atom. The van der Waals surface area contributed by atoms with Gasteiger partial charge in [-0.25, -0.2) is 4.79 Å². The van der Waals surface area contributed by atoms with Crippen molar-refractivity contribution in [2.24, 2.45) is 0 Å². The molecule has 0 atom stereocenters. The molecule has 0 aliphatic rings. The smallest absolute Gasteiger partial charge is 0.342 e. The number of aromatic carboxylic acids is 1. The van der Waals surface area contributed by atoms with E-state index < -0.39 is 16.6 Å². The molecule has 0 fully saturated rings. The monoisotopic (exact) mass is 271 g/mol. The summed E-state index contributed by atoms with van der Waals surface area (Å²) in [6.45, 7) is 2.04. The molecule has 0 saturated carbocycles. The minimum atomic E-state index is -1.30. The lowest BCUT2D eigenvalue weighted by atomic mass is 10.0. The van der Waals surface area contributed by atoms with Gasteiger partial charge in [-0.3, -0.25) is 10.1 Å². The topological polar surface area (TPSA) is 80.4 Å². The van der Waals surface area contributed by atoms with E-state index in [1.165, 1.54) is 17.7 Å². The van der Waals surface area contributed by atoms with Gasteiger partial charge in [-0.2, -0.15) is 0 Å². The van der Waals surface area contributed by atoms with Crippen LogP contribution in [-0.2, 0) is 6.42 Å². The van der Waals surface area contributed by atoms with Gasteiger partial charge in [0.25, 0.3) is 5.69 Å². The summed E-state index contributed by atoms with van der Waals surface area (Å²) in [7, 11) is 0. The van der Waals surface area contributed by atoms with Gasteiger partial charge in [0.05, 0.1) is 4.92 Å². The summed E-state index contributed by atoms with van der Waals surface area (Å²) in [6.07, 6.45) is 0.915. The van der Waals surface area contributed by atoms with Crippen LogP contribution in [0.4, 0.5) is 5.69 Å². The van der Waals surface area contributed by atoms with Crippen molar-refractivity contribution in [3.8, 4) is 11.1 Å². The average molecular weight is 271 g/mol. The highest BCUT2D eigenvalue weighted by Crippen LogP contribution is 2.27. The zero-order valence-electron chi connectivity index (χ0n) is 10.9. The summed E-state index contributed by atoms with van der Waals surface area (Å²) >= 11 is 0. The molecule has 2 aromatic carbocycles. The second kappa shape index (κ2) is 5.52. The quantitative estimate of drug-likeness (QED) is 0.681. The average Bonchev–Trinajstić information content (AvgIpc) is 2.46. The molecule has 0 heterocycles. The molecule has 2 rings (SSSR count). The maximum Gasteiger partial charge on any atom is 0.342 e. The van der Waals surface area contributed by atoms with Crippen LogP contribution in [0.15, 0.2) is 42.5 Å². The standard InChI is InChI=1S/C15H13NO4/c1-2-10-3-5-11(6-4-10)12-7-8-13(15(17)18)14(9-12)16(19)20/h3-9H,2H2,1H3,(H,17,18). The molecule has 0 spiro atoms. The molecule has 0 aliphatic heterocycles. The molecule has 0 bridgehead atoms. The van der Waals surface area contributed by atoms with E-state index >= 15 is 0 Å². The third-order valence-electron chi connectivity index (χ3n) is 3.12. The van der Waals surface area contributed by atoms with Gasteiger partial charge in [0, 0.05) is 6.07 Å². The first kappa shape index (κ1) is 13.7. The van der Waals surface area contributed by atoms with E-state index in [4.69, 9.17) is 5.11 Å². The predicted molar refractivity (Wildman–Crippen MR) is 74.9 cm³/mol. The van der Waals surface area contributed by atoms with Gasteiger partial charge in [0.15, 0.2) is 0 Å². The minimum absolute atomic E-state index is 0.302. The van der Waals surface area contributed by atoms with Crippen LogP contribution >= 0.6 is 0 Å². The van der Waals surface area contributed by atoms with Crippen LogP contribution in [0.1, 0.15) is 22.8 Å². The number of aryl methyl sites for hydroxylation is 1. The second-order valence-electron chi connectivity index (χ2n) is 4.34. The van der Waals surface area contributed by atoms with Gasteiger partial charge in [0.1, 0.15) is 5.56 Å². The molecule has 0 aromatic heterocycles. The van der Waals surface area contributed by atoms with E-state index in [1.807, 2.05) is 31.2 Å². The van der Waals surface area contributed by atoms with E-state index in [-0.39, 0.29) is 5.56 Å². The Morgan fingerprint density at radius 1 is 1.15 bits per heavy atom. The highest BCUT2D eigenvalue weighted by atomic mass is 16.6. The summed E-state index contributed by atoms with van der Waals surface area (Å²) in [4.78, 5) is 21.2. The van der Waals surface area contributed by atoms with Crippen molar-refractivity contribution in [3.63, 3.8) is 0 Å². The van der Waals surface area contributed by atoms with Crippen molar-refractivity contribution >= 4 is 11.7 Å². The molecule has 1 N–H and O–H groups in total. The summed E-state index contributed by atoms with van der Waals surface area (Å²) in [5.74, 6) is -1.30. The Balaban J connectivity index is 2.49. The van der Waals surface area contributed by atoms with Crippen molar-refractivity contribution in [3.05, 3.63) is 63.7 Å². The number of nitrogens with zero attached hydrogens (tertiary/aromatic N) is 1. The van der Waals surface area contributed by atoms with Crippen molar-refractivity contribution in [2.75, 3.05) is 0 Å². The Labute approximate surface area is 115 Å². The van der Waals surface area contributed by atoms with Crippen molar-refractivity contribution < 1.29 is 14.8 Å². The maximum atomic E-state index is 11.0. The highest BCUT2D eigenvalue weighted by molar-refractivity contribution is 5.93. The zero-order chi connectivity index (χ0) is 14.7. The number of nitro benzene ring substituents is 1. The van der Waals surface area contributed by atoms with E-state index in [2.05, 4.69) is 0 Å². The Bertz CT molecular complexity index is 662. The predicted octanol–water partition coefficient (Wildman–Crippen LogP) is 3.52. The molecule has 0 aliphatic carbocycles. The van der Waals surface area contributed by atoms with E-state index in [0.29, 0.717) is 5.56 Å². The van der Waals surface area contributed by atoms with E-state index in [0.717, 1.165) is 12.0 Å². The maximum absolute atomic E-state index is 11.0. The van der Waals surface area contributed by atoms with Crippen LogP contribution in [0.3, 0.4) is 0 Å². The molecular formula is C15H13NO4. The van der Waals surface area contributed by atoms with Crippen molar-refractivity contribution in [2.45, 2.75) is 13.3 Å².